The topological polar surface area (TPSA) is 104 Å². The molecule has 0 saturated carbocycles. The first-order chi connectivity index (χ1) is 12.2. The van der Waals surface area contributed by atoms with Crippen molar-refractivity contribution in [2.45, 2.75) is 13.5 Å². The summed E-state index contributed by atoms with van der Waals surface area (Å²) in [6, 6.07) is 0. The van der Waals surface area contributed by atoms with Crippen molar-refractivity contribution >= 4 is 46.1 Å². The van der Waals surface area contributed by atoms with Gasteiger partial charge in [0.1, 0.15) is 6.54 Å². The molecule has 1 N–H and O–H groups in total. The molecule has 3 aromatic rings. The van der Waals surface area contributed by atoms with Crippen molar-refractivity contribution in [1.29, 1.82) is 0 Å². The molecule has 0 radical (unpaired) electrons. The van der Waals surface area contributed by atoms with Gasteiger partial charge in [-0.3, -0.25) is 18.7 Å². The van der Waals surface area contributed by atoms with Crippen LogP contribution in [0.3, 0.4) is 0 Å². The summed E-state index contributed by atoms with van der Waals surface area (Å²) in [7, 11) is 2.86. The fraction of sp³-hybridized carbons (Fsp3) is 0.267. The molecule has 3 aromatic heterocycles. The van der Waals surface area contributed by atoms with Crippen molar-refractivity contribution in [3.63, 3.8) is 0 Å². The van der Waals surface area contributed by atoms with E-state index in [2.05, 4.69) is 15.3 Å². The number of amides is 1. The van der Waals surface area contributed by atoms with Gasteiger partial charge in [-0.05, 0) is 12.5 Å². The minimum absolute atomic E-state index is 0.149. The number of nitrogens with one attached hydrogen (secondary N) is 1. The Morgan fingerprint density at radius 3 is 2.58 bits per heavy atom. The largest absolute Gasteiger partial charge is 0.332 e. The summed E-state index contributed by atoms with van der Waals surface area (Å²) in [5, 5.41) is 3.20. The first kappa shape index (κ1) is 18.2. The fourth-order valence-electron chi connectivity index (χ4n) is 2.49. The number of carbonyl (C=O) groups excluding carboxylic acids is 1. The van der Waals surface area contributed by atoms with E-state index in [9.17, 15) is 14.4 Å². The average Bonchev–Trinajstić information content (AvgIpc) is 3.02. The molecule has 0 fully saturated rings. The molecule has 0 unspecified atom stereocenters. The molecule has 0 aliphatic rings. The van der Waals surface area contributed by atoms with Crippen molar-refractivity contribution in [1.82, 2.24) is 23.7 Å². The highest BCUT2D eigenvalue weighted by atomic mass is 35.5. The van der Waals surface area contributed by atoms with Crippen molar-refractivity contribution in [2.24, 2.45) is 14.1 Å². The molecular formula is C15H14Cl2N6O3. The second-order valence-electron chi connectivity index (χ2n) is 5.69. The summed E-state index contributed by atoms with van der Waals surface area (Å²) >= 11 is 12.1. The van der Waals surface area contributed by atoms with Crippen molar-refractivity contribution < 1.29 is 4.79 Å². The molecule has 0 spiro atoms. The van der Waals surface area contributed by atoms with Crippen LogP contribution in [-0.2, 0) is 25.4 Å². The number of fused-ring (bicyclic) bond motifs is 1. The van der Waals surface area contributed by atoms with Crippen molar-refractivity contribution in [2.75, 3.05) is 5.32 Å². The number of hydrogen-bond acceptors (Lipinski definition) is 5. The van der Waals surface area contributed by atoms with Gasteiger partial charge < -0.3 is 9.88 Å². The zero-order valence-corrected chi connectivity index (χ0v) is 15.6. The molecule has 0 bridgehead atoms. The van der Waals surface area contributed by atoms with E-state index >= 15 is 0 Å². The maximum Gasteiger partial charge on any atom is 0.332 e. The quantitative estimate of drug-likeness (QED) is 0.713. The van der Waals surface area contributed by atoms with Crippen LogP contribution >= 0.6 is 23.2 Å². The minimum atomic E-state index is -0.535. The molecule has 3 heterocycles. The first-order valence-corrected chi connectivity index (χ1v) is 8.19. The van der Waals surface area contributed by atoms with Crippen molar-refractivity contribution in [3.8, 4) is 0 Å². The highest BCUT2D eigenvalue weighted by molar-refractivity contribution is 6.37. The number of halogens is 2. The number of hydrogen-bond donors (Lipinski definition) is 1. The number of anilines is 1. The smallest absolute Gasteiger partial charge is 0.315 e. The summed E-state index contributed by atoms with van der Waals surface area (Å²) in [5.41, 5.74) is -0.0900. The van der Waals surface area contributed by atoms with E-state index in [-0.39, 0.29) is 28.5 Å². The Morgan fingerprint density at radius 2 is 1.88 bits per heavy atom. The molecule has 1 amide bonds. The van der Waals surface area contributed by atoms with E-state index < -0.39 is 17.2 Å². The van der Waals surface area contributed by atoms with Crippen LogP contribution < -0.4 is 16.6 Å². The normalized spacial score (nSPS) is 11.1. The average molecular weight is 397 g/mol. The Kier molecular flexibility index (Phi) is 4.59. The monoisotopic (exact) mass is 396 g/mol. The van der Waals surface area contributed by atoms with Gasteiger partial charge in [0.05, 0.1) is 16.4 Å². The summed E-state index contributed by atoms with van der Waals surface area (Å²) in [6.07, 6.45) is 2.71. The summed E-state index contributed by atoms with van der Waals surface area (Å²) < 4.78 is 3.56. The predicted molar refractivity (Wildman–Crippen MR) is 97.8 cm³/mol. The van der Waals surface area contributed by atoms with Crippen LogP contribution in [0.2, 0.25) is 10.0 Å². The Hall–Kier alpha value is -2.65. The van der Waals surface area contributed by atoms with Crippen LogP contribution in [0.1, 0.15) is 5.56 Å². The number of rotatable bonds is 3. The van der Waals surface area contributed by atoms with Crippen LogP contribution in [0.15, 0.2) is 22.1 Å². The SMILES string of the molecule is Cc1c(Cl)cnc(NC(=O)Cn2cnc3c2c(=O)n(C)c(=O)n3C)c1Cl. The zero-order chi connectivity index (χ0) is 19.2. The van der Waals surface area contributed by atoms with Crippen LogP contribution in [0.25, 0.3) is 11.2 Å². The zero-order valence-electron chi connectivity index (χ0n) is 14.1. The number of imidazole rings is 1. The maximum absolute atomic E-state index is 12.4. The molecule has 0 aliphatic carbocycles. The van der Waals surface area contributed by atoms with Crippen LogP contribution in [-0.4, -0.2) is 29.6 Å². The second-order valence-corrected chi connectivity index (χ2v) is 6.48. The van der Waals surface area contributed by atoms with E-state index in [0.29, 0.717) is 10.6 Å². The van der Waals surface area contributed by atoms with E-state index in [1.807, 2.05) is 0 Å². The molecule has 0 aromatic carbocycles. The van der Waals surface area contributed by atoms with Gasteiger partial charge in [-0.2, -0.15) is 0 Å². The van der Waals surface area contributed by atoms with Crippen LogP contribution in [0.4, 0.5) is 5.82 Å². The third kappa shape index (κ3) is 2.89. The highest BCUT2D eigenvalue weighted by Crippen LogP contribution is 2.28. The predicted octanol–water partition coefficient (Wildman–Crippen LogP) is 1.08. The van der Waals surface area contributed by atoms with E-state index in [1.165, 1.54) is 35.8 Å². The van der Waals surface area contributed by atoms with Gasteiger partial charge in [0, 0.05) is 20.3 Å². The molecule has 9 nitrogen and oxygen atoms in total. The van der Waals surface area contributed by atoms with Crippen LogP contribution in [0.5, 0.6) is 0 Å². The van der Waals surface area contributed by atoms with Gasteiger partial charge in [0.25, 0.3) is 5.56 Å². The van der Waals surface area contributed by atoms with Gasteiger partial charge in [0.15, 0.2) is 17.0 Å². The van der Waals surface area contributed by atoms with Crippen molar-refractivity contribution in [3.05, 3.63) is 49.0 Å². The van der Waals surface area contributed by atoms with Gasteiger partial charge in [-0.1, -0.05) is 23.2 Å². The first-order valence-electron chi connectivity index (χ1n) is 7.43. The number of nitrogens with zero attached hydrogens (tertiary/aromatic N) is 5. The third-order valence-electron chi connectivity index (χ3n) is 3.99. The minimum Gasteiger partial charge on any atom is -0.315 e. The van der Waals surface area contributed by atoms with Gasteiger partial charge in [0.2, 0.25) is 5.91 Å². The Morgan fingerprint density at radius 1 is 1.19 bits per heavy atom. The fourth-order valence-corrected chi connectivity index (χ4v) is 2.88. The lowest BCUT2D eigenvalue weighted by atomic mass is 10.3. The Labute approximate surface area is 156 Å². The lowest BCUT2D eigenvalue weighted by molar-refractivity contribution is -0.116. The van der Waals surface area contributed by atoms with E-state index in [4.69, 9.17) is 23.2 Å². The number of pyridine rings is 1. The Bertz CT molecular complexity index is 1160. The lowest BCUT2D eigenvalue weighted by Crippen LogP contribution is -2.37. The molecule has 0 saturated heterocycles. The molecule has 26 heavy (non-hydrogen) atoms. The molecule has 11 heteroatoms. The standard InChI is InChI=1S/C15H14Cl2N6O3/c1-7-8(16)4-18-12(10(7)17)20-9(24)5-23-6-19-13-11(23)14(25)22(3)15(26)21(13)2/h4,6H,5H2,1-3H3,(H,18,20,24). The van der Waals surface area contributed by atoms with E-state index in [1.54, 1.807) is 6.92 Å². The molecule has 3 rings (SSSR count). The van der Waals surface area contributed by atoms with Gasteiger partial charge in [-0.25, -0.2) is 14.8 Å². The lowest BCUT2D eigenvalue weighted by Gasteiger charge is -2.10. The third-order valence-corrected chi connectivity index (χ3v) is 4.83. The second kappa shape index (κ2) is 6.58. The highest BCUT2D eigenvalue weighted by Gasteiger charge is 2.17. The number of carbonyl (C=O) groups is 1. The molecule has 136 valence electrons. The summed E-state index contributed by atoms with van der Waals surface area (Å²) in [4.78, 5) is 44.7. The van der Waals surface area contributed by atoms with Gasteiger partial charge >= 0.3 is 5.69 Å². The summed E-state index contributed by atoms with van der Waals surface area (Å²) in [6.45, 7) is 1.50. The van der Waals surface area contributed by atoms with Crippen LogP contribution in [0, 0.1) is 6.92 Å². The molecule has 0 atom stereocenters. The maximum atomic E-state index is 12.4. The summed E-state index contributed by atoms with van der Waals surface area (Å²) in [5.74, 6) is -0.292. The molecule has 0 aliphatic heterocycles. The Balaban J connectivity index is 1.95. The number of aromatic nitrogens is 5. The van der Waals surface area contributed by atoms with Gasteiger partial charge in [-0.15, -0.1) is 0 Å². The molecular weight excluding hydrogens is 383 g/mol. The number of aryl methyl sites for hydroxylation is 1. The van der Waals surface area contributed by atoms with E-state index in [0.717, 1.165) is 4.57 Å².